The lowest BCUT2D eigenvalue weighted by Crippen LogP contribution is -2.00. The Morgan fingerprint density at radius 3 is 2.71 bits per heavy atom. The van der Waals surface area contributed by atoms with E-state index in [0.29, 0.717) is 0 Å². The van der Waals surface area contributed by atoms with Gasteiger partial charge in [0.1, 0.15) is 0 Å². The molecule has 2 aromatic rings. The number of halogens is 1. The van der Waals surface area contributed by atoms with E-state index in [2.05, 4.69) is 40.3 Å². The first-order chi connectivity index (χ1) is 8.19. The number of thiophene rings is 1. The Labute approximate surface area is 114 Å². The van der Waals surface area contributed by atoms with Gasteiger partial charge in [-0.1, -0.05) is 22.9 Å². The van der Waals surface area contributed by atoms with Crippen molar-refractivity contribution < 1.29 is 0 Å². The van der Waals surface area contributed by atoms with Gasteiger partial charge in [0.25, 0.3) is 0 Å². The molecule has 0 fully saturated rings. The zero-order chi connectivity index (χ0) is 12.3. The van der Waals surface area contributed by atoms with Gasteiger partial charge in [0.05, 0.1) is 11.4 Å². The van der Waals surface area contributed by atoms with Crippen molar-refractivity contribution in [1.82, 2.24) is 0 Å². The highest BCUT2D eigenvalue weighted by atomic mass is 79.9. The minimum atomic E-state index is 0.778. The summed E-state index contributed by atoms with van der Waals surface area (Å²) in [5, 5.41) is 3.36. The predicted molar refractivity (Wildman–Crippen MR) is 79.6 cm³/mol. The van der Waals surface area contributed by atoms with E-state index >= 15 is 0 Å². The number of hydrogen-bond acceptors (Lipinski definition) is 3. The van der Waals surface area contributed by atoms with Crippen LogP contribution in [0.25, 0.3) is 0 Å². The summed E-state index contributed by atoms with van der Waals surface area (Å²) in [5.41, 5.74) is 7.66. The lowest BCUT2D eigenvalue weighted by molar-refractivity contribution is 1.19. The van der Waals surface area contributed by atoms with Gasteiger partial charge in [-0.2, -0.15) is 0 Å². The van der Waals surface area contributed by atoms with E-state index in [1.165, 1.54) is 9.75 Å². The molecule has 1 aromatic heterocycles. The third-order valence-electron chi connectivity index (χ3n) is 2.53. The largest absolute Gasteiger partial charge is 0.397 e. The first-order valence-electron chi connectivity index (χ1n) is 5.55. The van der Waals surface area contributed by atoms with Crippen molar-refractivity contribution >= 4 is 38.6 Å². The third kappa shape index (κ3) is 3.23. The van der Waals surface area contributed by atoms with Crippen molar-refractivity contribution in [3.8, 4) is 0 Å². The topological polar surface area (TPSA) is 38.0 Å². The summed E-state index contributed by atoms with van der Waals surface area (Å²) in [7, 11) is 0. The second-order valence-electron chi connectivity index (χ2n) is 3.81. The number of hydrogen-bond donors (Lipinski definition) is 2. The van der Waals surface area contributed by atoms with E-state index < -0.39 is 0 Å². The molecule has 0 saturated heterocycles. The minimum absolute atomic E-state index is 0.778. The molecule has 2 rings (SSSR count). The fourth-order valence-corrected chi connectivity index (χ4v) is 2.83. The highest BCUT2D eigenvalue weighted by Crippen LogP contribution is 2.25. The molecule has 0 aliphatic rings. The van der Waals surface area contributed by atoms with Crippen LogP contribution in [0.2, 0.25) is 0 Å². The highest BCUT2D eigenvalue weighted by molar-refractivity contribution is 9.10. The first kappa shape index (κ1) is 12.5. The Bertz CT molecular complexity index is 508. The molecule has 0 aliphatic carbocycles. The number of nitrogens with one attached hydrogen (secondary N) is 1. The average molecular weight is 311 g/mol. The van der Waals surface area contributed by atoms with Gasteiger partial charge in [-0.15, -0.1) is 11.3 Å². The van der Waals surface area contributed by atoms with Crippen LogP contribution in [0.5, 0.6) is 0 Å². The summed E-state index contributed by atoms with van der Waals surface area (Å²) < 4.78 is 1.04. The maximum Gasteiger partial charge on any atom is 0.0588 e. The normalized spacial score (nSPS) is 10.5. The van der Waals surface area contributed by atoms with E-state index in [9.17, 15) is 0 Å². The molecule has 0 unspecified atom stereocenters. The molecule has 17 heavy (non-hydrogen) atoms. The van der Waals surface area contributed by atoms with Crippen LogP contribution in [-0.4, -0.2) is 0 Å². The van der Waals surface area contributed by atoms with E-state index in [4.69, 9.17) is 5.73 Å². The van der Waals surface area contributed by atoms with Crippen LogP contribution in [0.4, 0.5) is 11.4 Å². The summed E-state index contributed by atoms with van der Waals surface area (Å²) in [5.74, 6) is 0. The van der Waals surface area contributed by atoms with E-state index in [1.54, 1.807) is 0 Å². The molecule has 4 heteroatoms. The van der Waals surface area contributed by atoms with Crippen LogP contribution in [0, 0.1) is 0 Å². The molecule has 0 radical (unpaired) electrons. The van der Waals surface area contributed by atoms with Gasteiger partial charge in [-0.25, -0.2) is 0 Å². The number of nitrogen functional groups attached to an aromatic ring is 1. The molecule has 0 spiro atoms. The molecule has 1 aromatic carbocycles. The fourth-order valence-electron chi connectivity index (χ4n) is 1.57. The van der Waals surface area contributed by atoms with Crippen molar-refractivity contribution in [1.29, 1.82) is 0 Å². The van der Waals surface area contributed by atoms with Gasteiger partial charge >= 0.3 is 0 Å². The predicted octanol–water partition coefficient (Wildman–Crippen LogP) is 4.27. The van der Waals surface area contributed by atoms with Crippen LogP contribution < -0.4 is 11.1 Å². The molecule has 0 bridgehead atoms. The zero-order valence-electron chi connectivity index (χ0n) is 9.66. The van der Waals surface area contributed by atoms with Crippen LogP contribution in [0.3, 0.4) is 0 Å². The number of benzene rings is 1. The molecule has 1 heterocycles. The minimum Gasteiger partial charge on any atom is -0.397 e. The average Bonchev–Trinajstić information content (AvgIpc) is 2.78. The molecule has 0 saturated carbocycles. The second-order valence-corrected chi connectivity index (χ2v) is 5.98. The molecule has 0 amide bonds. The Morgan fingerprint density at radius 1 is 1.24 bits per heavy atom. The van der Waals surface area contributed by atoms with Gasteiger partial charge in [0, 0.05) is 20.8 Å². The SMILES string of the molecule is CCc1ccc(CNc2cc(Br)ccc2N)s1. The lowest BCUT2D eigenvalue weighted by atomic mass is 10.2. The van der Waals surface area contributed by atoms with E-state index in [0.717, 1.165) is 28.8 Å². The van der Waals surface area contributed by atoms with Crippen molar-refractivity contribution in [2.45, 2.75) is 19.9 Å². The summed E-state index contributed by atoms with van der Waals surface area (Å²) in [6.07, 6.45) is 1.10. The van der Waals surface area contributed by atoms with Crippen molar-refractivity contribution in [2.75, 3.05) is 11.1 Å². The smallest absolute Gasteiger partial charge is 0.0588 e. The van der Waals surface area contributed by atoms with Gasteiger partial charge in [0.2, 0.25) is 0 Å². The zero-order valence-corrected chi connectivity index (χ0v) is 12.1. The summed E-state index contributed by atoms with van der Waals surface area (Å²) in [6.45, 7) is 3.00. The number of anilines is 2. The Balaban J connectivity index is 2.04. The number of rotatable bonds is 4. The van der Waals surface area contributed by atoms with Gasteiger partial charge in [0.15, 0.2) is 0 Å². The van der Waals surface area contributed by atoms with Crippen LogP contribution in [-0.2, 0) is 13.0 Å². The standard InChI is InChI=1S/C13H15BrN2S/c1-2-10-4-5-11(17-10)8-16-13-7-9(14)3-6-12(13)15/h3-7,16H,2,8,15H2,1H3. The number of nitrogens with two attached hydrogens (primary N) is 1. The molecular weight excluding hydrogens is 296 g/mol. The highest BCUT2D eigenvalue weighted by Gasteiger charge is 2.02. The molecule has 90 valence electrons. The quantitative estimate of drug-likeness (QED) is 0.828. The van der Waals surface area contributed by atoms with Crippen LogP contribution in [0.1, 0.15) is 16.7 Å². The van der Waals surface area contributed by atoms with Gasteiger partial charge in [-0.05, 0) is 36.8 Å². The van der Waals surface area contributed by atoms with Crippen molar-refractivity contribution in [2.24, 2.45) is 0 Å². The maximum absolute atomic E-state index is 5.91. The summed E-state index contributed by atoms with van der Waals surface area (Å²) >= 11 is 5.29. The summed E-state index contributed by atoms with van der Waals surface area (Å²) in [4.78, 5) is 2.75. The van der Waals surface area contributed by atoms with E-state index in [1.807, 2.05) is 29.5 Å². The molecule has 0 atom stereocenters. The molecular formula is C13H15BrN2S. The van der Waals surface area contributed by atoms with Crippen molar-refractivity contribution in [3.05, 3.63) is 44.6 Å². The van der Waals surface area contributed by atoms with Crippen LogP contribution >= 0.6 is 27.3 Å². The van der Waals surface area contributed by atoms with Crippen molar-refractivity contribution in [3.63, 3.8) is 0 Å². The second kappa shape index (κ2) is 5.56. The maximum atomic E-state index is 5.91. The van der Waals surface area contributed by atoms with Gasteiger partial charge in [-0.3, -0.25) is 0 Å². The Hall–Kier alpha value is -1.00. The van der Waals surface area contributed by atoms with Gasteiger partial charge < -0.3 is 11.1 Å². The summed E-state index contributed by atoms with van der Waals surface area (Å²) in [6, 6.07) is 10.2. The fraction of sp³-hybridized carbons (Fsp3) is 0.231. The molecule has 3 N–H and O–H groups in total. The third-order valence-corrected chi connectivity index (χ3v) is 4.26. The first-order valence-corrected chi connectivity index (χ1v) is 7.16. The molecule has 0 aliphatic heterocycles. The number of aryl methyl sites for hydroxylation is 1. The Kier molecular flexibility index (Phi) is 4.07. The van der Waals surface area contributed by atoms with Crippen LogP contribution in [0.15, 0.2) is 34.8 Å². The monoisotopic (exact) mass is 310 g/mol. The molecule has 2 nitrogen and oxygen atoms in total. The Morgan fingerprint density at radius 2 is 2.00 bits per heavy atom. The lowest BCUT2D eigenvalue weighted by Gasteiger charge is -2.08. The van der Waals surface area contributed by atoms with E-state index in [-0.39, 0.29) is 0 Å².